The predicted octanol–water partition coefficient (Wildman–Crippen LogP) is 2.97. The summed E-state index contributed by atoms with van der Waals surface area (Å²) in [6.45, 7) is 0. The zero-order chi connectivity index (χ0) is 12.8. The Morgan fingerprint density at radius 2 is 2.22 bits per heavy atom. The monoisotopic (exact) mass is 248 g/mol. The van der Waals surface area contributed by atoms with E-state index in [-0.39, 0.29) is 5.78 Å². The number of carbonyl (C=O) groups is 1. The Morgan fingerprint density at radius 1 is 1.39 bits per heavy atom. The minimum atomic E-state index is -1.04. The molecule has 2 aliphatic carbocycles. The van der Waals surface area contributed by atoms with E-state index in [2.05, 4.69) is 0 Å². The maximum atomic E-state index is 14.4. The van der Waals surface area contributed by atoms with Crippen molar-refractivity contribution in [2.24, 2.45) is 0 Å². The molecular formula is C15H17FO2. The second-order valence-corrected chi connectivity index (χ2v) is 5.24. The van der Waals surface area contributed by atoms with Crippen LogP contribution < -0.4 is 4.74 Å². The van der Waals surface area contributed by atoms with Gasteiger partial charge in [-0.05, 0) is 42.9 Å². The fraction of sp³-hybridized carbons (Fsp3) is 0.533. The van der Waals surface area contributed by atoms with Crippen molar-refractivity contribution in [3.63, 3.8) is 0 Å². The topological polar surface area (TPSA) is 26.3 Å². The molecule has 3 heteroatoms. The third-order valence-corrected chi connectivity index (χ3v) is 4.49. The summed E-state index contributed by atoms with van der Waals surface area (Å²) in [7, 11) is 1.63. The van der Waals surface area contributed by atoms with Crippen LogP contribution in [0.5, 0.6) is 5.75 Å². The van der Waals surface area contributed by atoms with Gasteiger partial charge in [0.15, 0.2) is 0 Å². The lowest BCUT2D eigenvalue weighted by Crippen LogP contribution is -2.44. The van der Waals surface area contributed by atoms with Gasteiger partial charge < -0.3 is 4.74 Å². The maximum Gasteiger partial charge on any atom is 0.146 e. The van der Waals surface area contributed by atoms with Crippen molar-refractivity contribution in [3.8, 4) is 5.75 Å². The second kappa shape index (κ2) is 4.08. The fourth-order valence-corrected chi connectivity index (χ4v) is 3.63. The number of alkyl halides is 1. The van der Waals surface area contributed by atoms with E-state index in [0.717, 1.165) is 23.3 Å². The number of halogens is 1. The quantitative estimate of drug-likeness (QED) is 0.763. The third kappa shape index (κ3) is 1.36. The standard InChI is InChI=1S/C15H17FO2/c1-18-12-5-2-4-11-10(12)7-8-13(16)15(11)9-3-6-14(15)17/h2,4-5,13H,3,6-9H2,1H3/t13-,15+/m1/s1. The van der Waals surface area contributed by atoms with Crippen molar-refractivity contribution >= 4 is 5.78 Å². The molecule has 0 amide bonds. The van der Waals surface area contributed by atoms with E-state index in [1.165, 1.54) is 0 Å². The zero-order valence-electron chi connectivity index (χ0n) is 10.5. The Kier molecular flexibility index (Phi) is 2.65. The van der Waals surface area contributed by atoms with E-state index < -0.39 is 11.6 Å². The van der Waals surface area contributed by atoms with Crippen molar-refractivity contribution in [1.82, 2.24) is 0 Å². The smallest absolute Gasteiger partial charge is 0.146 e. The molecule has 0 unspecified atom stereocenters. The van der Waals surface area contributed by atoms with E-state index >= 15 is 0 Å². The van der Waals surface area contributed by atoms with E-state index in [4.69, 9.17) is 4.74 Å². The Balaban J connectivity index is 2.21. The highest BCUT2D eigenvalue weighted by atomic mass is 19.1. The molecule has 2 nitrogen and oxygen atoms in total. The zero-order valence-corrected chi connectivity index (χ0v) is 10.5. The van der Waals surface area contributed by atoms with Crippen molar-refractivity contribution < 1.29 is 13.9 Å². The van der Waals surface area contributed by atoms with Crippen LogP contribution in [0, 0.1) is 0 Å². The number of Topliss-reactive ketones (excluding diaryl/α,β-unsaturated/α-hetero) is 1. The number of benzene rings is 1. The molecule has 2 aliphatic rings. The largest absolute Gasteiger partial charge is 0.496 e. The van der Waals surface area contributed by atoms with Crippen molar-refractivity contribution in [2.45, 2.75) is 43.7 Å². The van der Waals surface area contributed by atoms with Gasteiger partial charge >= 0.3 is 0 Å². The summed E-state index contributed by atoms with van der Waals surface area (Å²) in [6.07, 6.45) is 2.02. The van der Waals surface area contributed by atoms with Gasteiger partial charge in [-0.3, -0.25) is 4.79 Å². The lowest BCUT2D eigenvalue weighted by molar-refractivity contribution is -0.124. The van der Waals surface area contributed by atoms with E-state index in [1.54, 1.807) is 7.11 Å². The lowest BCUT2D eigenvalue weighted by atomic mass is 9.67. The second-order valence-electron chi connectivity index (χ2n) is 5.24. The van der Waals surface area contributed by atoms with Gasteiger partial charge in [0.25, 0.3) is 0 Å². The number of hydrogen-bond donors (Lipinski definition) is 0. The number of carbonyl (C=O) groups excluding carboxylic acids is 1. The Hall–Kier alpha value is -1.38. The molecule has 0 heterocycles. The minimum Gasteiger partial charge on any atom is -0.496 e. The molecule has 1 spiro atoms. The van der Waals surface area contributed by atoms with Crippen molar-refractivity contribution in [2.75, 3.05) is 7.11 Å². The summed E-state index contributed by atoms with van der Waals surface area (Å²) >= 11 is 0. The van der Waals surface area contributed by atoms with E-state index in [0.29, 0.717) is 25.7 Å². The molecular weight excluding hydrogens is 231 g/mol. The van der Waals surface area contributed by atoms with Gasteiger partial charge in [0.2, 0.25) is 0 Å². The summed E-state index contributed by atoms with van der Waals surface area (Å²) < 4.78 is 19.8. The average Bonchev–Trinajstić information content (AvgIpc) is 2.77. The van der Waals surface area contributed by atoms with Crippen LogP contribution in [0.3, 0.4) is 0 Å². The molecule has 0 saturated heterocycles. The Bertz CT molecular complexity index is 497. The number of ether oxygens (including phenoxy) is 1. The predicted molar refractivity (Wildman–Crippen MR) is 66.7 cm³/mol. The molecule has 0 N–H and O–H groups in total. The molecule has 0 aliphatic heterocycles. The van der Waals surface area contributed by atoms with Gasteiger partial charge in [0.1, 0.15) is 17.7 Å². The molecule has 3 rings (SSSR count). The van der Waals surface area contributed by atoms with Crippen LogP contribution in [0.25, 0.3) is 0 Å². The van der Waals surface area contributed by atoms with Crippen LogP contribution in [0.2, 0.25) is 0 Å². The Labute approximate surface area is 106 Å². The summed E-state index contributed by atoms with van der Waals surface area (Å²) in [5.74, 6) is 0.864. The highest BCUT2D eigenvalue weighted by Crippen LogP contribution is 2.49. The van der Waals surface area contributed by atoms with Crippen LogP contribution in [0.1, 0.15) is 36.8 Å². The van der Waals surface area contributed by atoms with Gasteiger partial charge in [-0.1, -0.05) is 12.1 Å². The summed E-state index contributed by atoms with van der Waals surface area (Å²) in [4.78, 5) is 12.2. The highest BCUT2D eigenvalue weighted by Gasteiger charge is 2.53. The SMILES string of the molecule is COc1cccc2c1CC[C@@H](F)[C@]21CCCC1=O. The lowest BCUT2D eigenvalue weighted by Gasteiger charge is -2.37. The summed E-state index contributed by atoms with van der Waals surface area (Å²) in [5.41, 5.74) is 1.04. The number of methoxy groups -OCH3 is 1. The normalized spacial score (nSPS) is 30.6. The van der Waals surface area contributed by atoms with Crippen LogP contribution in [0.15, 0.2) is 18.2 Å². The molecule has 96 valence electrons. The number of ketones is 1. The molecule has 0 radical (unpaired) electrons. The van der Waals surface area contributed by atoms with Gasteiger partial charge in [-0.2, -0.15) is 0 Å². The molecule has 0 bridgehead atoms. The van der Waals surface area contributed by atoms with Crippen LogP contribution >= 0.6 is 0 Å². The molecule has 0 aromatic heterocycles. The van der Waals surface area contributed by atoms with Gasteiger partial charge in [0.05, 0.1) is 12.5 Å². The number of fused-ring (bicyclic) bond motifs is 2. The third-order valence-electron chi connectivity index (χ3n) is 4.49. The molecule has 1 aromatic carbocycles. The van der Waals surface area contributed by atoms with Crippen molar-refractivity contribution in [1.29, 1.82) is 0 Å². The first-order valence-corrected chi connectivity index (χ1v) is 6.54. The van der Waals surface area contributed by atoms with Gasteiger partial charge in [-0.25, -0.2) is 4.39 Å². The van der Waals surface area contributed by atoms with Crippen LogP contribution in [0.4, 0.5) is 4.39 Å². The highest BCUT2D eigenvalue weighted by molar-refractivity contribution is 5.93. The first-order chi connectivity index (χ1) is 8.70. The van der Waals surface area contributed by atoms with Gasteiger partial charge in [-0.15, -0.1) is 0 Å². The fourth-order valence-electron chi connectivity index (χ4n) is 3.63. The summed E-state index contributed by atoms with van der Waals surface area (Å²) in [5, 5.41) is 0. The van der Waals surface area contributed by atoms with E-state index in [9.17, 15) is 9.18 Å². The van der Waals surface area contributed by atoms with Crippen LogP contribution in [-0.2, 0) is 16.6 Å². The maximum absolute atomic E-state index is 14.4. The van der Waals surface area contributed by atoms with Crippen LogP contribution in [-0.4, -0.2) is 19.1 Å². The Morgan fingerprint density at radius 3 is 2.89 bits per heavy atom. The minimum absolute atomic E-state index is 0.0733. The molecule has 1 aromatic rings. The first kappa shape index (κ1) is 11.7. The average molecular weight is 248 g/mol. The number of hydrogen-bond acceptors (Lipinski definition) is 2. The molecule has 1 saturated carbocycles. The number of rotatable bonds is 1. The summed E-state index contributed by atoms with van der Waals surface area (Å²) in [6, 6.07) is 5.67. The van der Waals surface area contributed by atoms with Gasteiger partial charge in [0, 0.05) is 6.42 Å². The molecule has 1 fully saturated rings. The first-order valence-electron chi connectivity index (χ1n) is 6.54. The van der Waals surface area contributed by atoms with E-state index in [1.807, 2.05) is 18.2 Å². The van der Waals surface area contributed by atoms with Crippen molar-refractivity contribution in [3.05, 3.63) is 29.3 Å². The molecule has 18 heavy (non-hydrogen) atoms. The molecule has 2 atom stereocenters.